The molecule has 0 radical (unpaired) electrons. The number of nitrogens with one attached hydrogen (secondary N) is 1. The Balaban J connectivity index is 1.85. The molecule has 4 heteroatoms. The number of aromatic nitrogens is 1. The van der Waals surface area contributed by atoms with Gasteiger partial charge in [0.15, 0.2) is 0 Å². The molecule has 1 atom stereocenters. The molecule has 26 heavy (non-hydrogen) atoms. The van der Waals surface area contributed by atoms with E-state index in [1.54, 1.807) is 18.0 Å². The summed E-state index contributed by atoms with van der Waals surface area (Å²) >= 11 is 0. The molecule has 3 rings (SSSR count). The van der Waals surface area contributed by atoms with Crippen LogP contribution in [0.2, 0.25) is 0 Å². The molecular weight excluding hydrogens is 324 g/mol. The van der Waals surface area contributed by atoms with E-state index in [2.05, 4.69) is 31.0 Å². The van der Waals surface area contributed by atoms with E-state index in [9.17, 15) is 9.59 Å². The molecule has 1 aromatic carbocycles. The number of aromatic amines is 1. The molecule has 1 saturated carbocycles. The van der Waals surface area contributed by atoms with E-state index in [1.807, 2.05) is 38.1 Å². The molecular formula is C22H28N2O2. The number of likely N-dealkylation sites (N-methyl/N-ethyl adjacent to an activating group) is 1. The van der Waals surface area contributed by atoms with Crippen molar-refractivity contribution in [1.82, 2.24) is 9.88 Å². The molecule has 2 aromatic rings. The number of hydrogen-bond donors (Lipinski definition) is 1. The number of amides is 1. The van der Waals surface area contributed by atoms with Crippen LogP contribution in [0.3, 0.4) is 0 Å². The minimum atomic E-state index is -0.308. The number of pyridine rings is 1. The van der Waals surface area contributed by atoms with Crippen molar-refractivity contribution in [1.29, 1.82) is 0 Å². The summed E-state index contributed by atoms with van der Waals surface area (Å²) in [6.45, 7) is 9.11. The summed E-state index contributed by atoms with van der Waals surface area (Å²) in [7, 11) is 1.79. The van der Waals surface area contributed by atoms with Crippen molar-refractivity contribution in [2.24, 2.45) is 5.41 Å². The number of nitrogens with zero attached hydrogens (tertiary/aromatic N) is 1. The largest absolute Gasteiger partial charge is 0.341 e. The van der Waals surface area contributed by atoms with Crippen molar-refractivity contribution in [2.75, 3.05) is 13.6 Å². The standard InChI is InChI=1S/C22H28N2O2/c1-15(2)18-12-11-17(19(25)23-18)20(26)24(5)14-22(13-21(22,3)4)16-9-7-6-8-10-16/h6-12,15H,13-14H2,1-5H3,(H,23,25). The highest BCUT2D eigenvalue weighted by atomic mass is 16.2. The second-order valence-electron chi connectivity index (χ2n) is 8.48. The van der Waals surface area contributed by atoms with Gasteiger partial charge in [0, 0.05) is 24.7 Å². The molecule has 0 spiro atoms. The molecule has 0 saturated heterocycles. The maximum Gasteiger partial charge on any atom is 0.261 e. The fourth-order valence-corrected chi connectivity index (χ4v) is 4.00. The van der Waals surface area contributed by atoms with E-state index in [0.717, 1.165) is 12.1 Å². The molecule has 4 nitrogen and oxygen atoms in total. The number of rotatable bonds is 5. The first-order valence-electron chi connectivity index (χ1n) is 9.22. The molecule has 1 aromatic heterocycles. The van der Waals surface area contributed by atoms with Gasteiger partial charge in [0.1, 0.15) is 5.56 Å². The van der Waals surface area contributed by atoms with Crippen LogP contribution >= 0.6 is 0 Å². The van der Waals surface area contributed by atoms with Crippen LogP contribution in [0.5, 0.6) is 0 Å². The molecule has 1 heterocycles. The maximum absolute atomic E-state index is 12.9. The Kier molecular flexibility index (Phi) is 4.55. The molecule has 1 aliphatic carbocycles. The highest BCUT2D eigenvalue weighted by Gasteiger charge is 2.62. The van der Waals surface area contributed by atoms with E-state index < -0.39 is 0 Å². The van der Waals surface area contributed by atoms with Crippen LogP contribution in [0.15, 0.2) is 47.3 Å². The van der Waals surface area contributed by atoms with Gasteiger partial charge in [-0.25, -0.2) is 0 Å². The van der Waals surface area contributed by atoms with Crippen molar-refractivity contribution < 1.29 is 4.79 Å². The van der Waals surface area contributed by atoms with Crippen molar-refractivity contribution in [3.8, 4) is 0 Å². The third-order valence-electron chi connectivity index (χ3n) is 5.88. The van der Waals surface area contributed by atoms with Crippen molar-refractivity contribution in [2.45, 2.75) is 45.4 Å². The minimum absolute atomic E-state index is 0.0523. The van der Waals surface area contributed by atoms with Crippen LogP contribution in [0.4, 0.5) is 0 Å². The number of carbonyl (C=O) groups excluding carboxylic acids is 1. The molecule has 1 N–H and O–H groups in total. The van der Waals surface area contributed by atoms with Gasteiger partial charge in [-0.05, 0) is 35.4 Å². The first-order valence-corrected chi connectivity index (χ1v) is 9.22. The van der Waals surface area contributed by atoms with Gasteiger partial charge in [-0.3, -0.25) is 9.59 Å². The lowest BCUT2D eigenvalue weighted by molar-refractivity contribution is 0.0773. The van der Waals surface area contributed by atoms with Crippen molar-refractivity contribution in [3.63, 3.8) is 0 Å². The summed E-state index contributed by atoms with van der Waals surface area (Å²) in [6, 6.07) is 13.9. The van der Waals surface area contributed by atoms with Gasteiger partial charge < -0.3 is 9.88 Å². The van der Waals surface area contributed by atoms with E-state index in [-0.39, 0.29) is 33.8 Å². The molecule has 1 amide bonds. The van der Waals surface area contributed by atoms with Crippen LogP contribution < -0.4 is 5.56 Å². The van der Waals surface area contributed by atoms with E-state index >= 15 is 0 Å². The average molecular weight is 352 g/mol. The summed E-state index contributed by atoms with van der Waals surface area (Å²) in [6.07, 6.45) is 1.03. The van der Waals surface area contributed by atoms with Gasteiger partial charge in [0.25, 0.3) is 11.5 Å². The second-order valence-corrected chi connectivity index (χ2v) is 8.48. The average Bonchev–Trinajstić information content (AvgIpc) is 3.16. The summed E-state index contributed by atoms with van der Waals surface area (Å²) in [4.78, 5) is 29.8. The van der Waals surface area contributed by atoms with Gasteiger partial charge in [-0.1, -0.05) is 58.0 Å². The van der Waals surface area contributed by atoms with Crippen LogP contribution in [0, 0.1) is 5.41 Å². The first-order chi connectivity index (χ1) is 12.2. The van der Waals surface area contributed by atoms with Gasteiger partial charge in [0.05, 0.1) is 0 Å². The lowest BCUT2D eigenvalue weighted by atomic mass is 9.87. The van der Waals surface area contributed by atoms with Gasteiger partial charge in [-0.15, -0.1) is 0 Å². The van der Waals surface area contributed by atoms with Crippen LogP contribution in [0.1, 0.15) is 61.6 Å². The van der Waals surface area contributed by atoms with Crippen molar-refractivity contribution in [3.05, 3.63) is 69.6 Å². The number of carbonyl (C=O) groups is 1. The zero-order chi connectivity index (χ0) is 19.1. The monoisotopic (exact) mass is 352 g/mol. The molecule has 138 valence electrons. The molecule has 1 fully saturated rings. The normalized spacial score (nSPS) is 20.8. The molecule has 0 bridgehead atoms. The fraction of sp³-hybridized carbons (Fsp3) is 0.455. The number of H-pyrrole nitrogens is 1. The Morgan fingerprint density at radius 1 is 1.15 bits per heavy atom. The highest BCUT2D eigenvalue weighted by Crippen LogP contribution is 2.64. The van der Waals surface area contributed by atoms with E-state index in [0.29, 0.717) is 6.54 Å². The van der Waals surface area contributed by atoms with Gasteiger partial charge >= 0.3 is 0 Å². The second kappa shape index (κ2) is 6.42. The lowest BCUT2D eigenvalue weighted by Crippen LogP contribution is -2.38. The summed E-state index contributed by atoms with van der Waals surface area (Å²) in [5.41, 5.74) is 2.09. The Morgan fingerprint density at radius 3 is 2.27 bits per heavy atom. The summed E-state index contributed by atoms with van der Waals surface area (Å²) in [5, 5.41) is 0. The lowest BCUT2D eigenvalue weighted by Gasteiger charge is -2.27. The maximum atomic E-state index is 12.9. The van der Waals surface area contributed by atoms with Crippen LogP contribution in [-0.4, -0.2) is 29.4 Å². The van der Waals surface area contributed by atoms with Crippen LogP contribution in [-0.2, 0) is 5.41 Å². The Bertz CT molecular complexity index is 867. The zero-order valence-corrected chi connectivity index (χ0v) is 16.3. The van der Waals surface area contributed by atoms with E-state index in [1.165, 1.54) is 5.56 Å². The highest BCUT2D eigenvalue weighted by molar-refractivity contribution is 5.93. The third-order valence-corrected chi connectivity index (χ3v) is 5.88. The predicted molar refractivity (Wildman–Crippen MR) is 105 cm³/mol. The summed E-state index contributed by atoms with van der Waals surface area (Å²) in [5.74, 6) is -0.00208. The van der Waals surface area contributed by atoms with Gasteiger partial charge in [0.2, 0.25) is 0 Å². The van der Waals surface area contributed by atoms with E-state index in [4.69, 9.17) is 0 Å². The molecule has 1 aliphatic rings. The SMILES string of the molecule is CC(C)c1ccc(C(=O)N(C)CC2(c3ccccc3)CC2(C)C)c(=O)[nH]1. The Labute approximate surface area is 155 Å². The smallest absolute Gasteiger partial charge is 0.261 e. The predicted octanol–water partition coefficient (Wildman–Crippen LogP) is 3.94. The van der Waals surface area contributed by atoms with Crippen molar-refractivity contribution >= 4 is 5.91 Å². The first kappa shape index (κ1) is 18.4. The zero-order valence-electron chi connectivity index (χ0n) is 16.3. The Morgan fingerprint density at radius 2 is 1.77 bits per heavy atom. The Hall–Kier alpha value is -2.36. The summed E-state index contributed by atoms with van der Waals surface area (Å²) < 4.78 is 0. The number of hydrogen-bond acceptors (Lipinski definition) is 2. The molecule has 1 unspecified atom stereocenters. The minimum Gasteiger partial charge on any atom is -0.341 e. The topological polar surface area (TPSA) is 53.2 Å². The molecule has 0 aliphatic heterocycles. The quantitative estimate of drug-likeness (QED) is 0.886. The van der Waals surface area contributed by atoms with Gasteiger partial charge in [-0.2, -0.15) is 0 Å². The van der Waals surface area contributed by atoms with Crippen LogP contribution in [0.25, 0.3) is 0 Å². The fourth-order valence-electron chi connectivity index (χ4n) is 4.00. The number of benzene rings is 1. The third kappa shape index (κ3) is 3.09.